The maximum atomic E-state index is 12.0. The first-order valence-electron chi connectivity index (χ1n) is 4.77. The lowest BCUT2D eigenvalue weighted by Gasteiger charge is -2.09. The summed E-state index contributed by atoms with van der Waals surface area (Å²) in [4.78, 5) is 26.6. The number of amides is 1. The van der Waals surface area contributed by atoms with Gasteiger partial charge in [-0.25, -0.2) is 15.1 Å². The van der Waals surface area contributed by atoms with Crippen LogP contribution in [0.25, 0.3) is 0 Å². The molecule has 1 heterocycles. The second kappa shape index (κ2) is 4.80. The van der Waals surface area contributed by atoms with Crippen LogP contribution < -0.4 is 5.01 Å². The van der Waals surface area contributed by atoms with Gasteiger partial charge >= 0.3 is 5.91 Å². The predicted molar refractivity (Wildman–Crippen MR) is 64.0 cm³/mol. The van der Waals surface area contributed by atoms with Crippen molar-refractivity contribution in [3.8, 4) is 5.75 Å². The minimum atomic E-state index is -0.937. The van der Waals surface area contributed by atoms with Crippen molar-refractivity contribution in [1.82, 2.24) is 4.98 Å². The third-order valence-corrected chi connectivity index (χ3v) is 2.84. The largest absolute Gasteiger partial charge is 0.507 e. The molecule has 7 nitrogen and oxygen atoms in total. The second-order valence-corrected chi connectivity index (χ2v) is 4.06. The number of aromatic hydroxyl groups is 1. The van der Waals surface area contributed by atoms with E-state index in [4.69, 9.17) is 0 Å². The Balaban J connectivity index is 2.42. The lowest BCUT2D eigenvalue weighted by atomic mass is 10.2. The van der Waals surface area contributed by atoms with E-state index in [1.54, 1.807) is 0 Å². The average molecular weight is 265 g/mol. The maximum absolute atomic E-state index is 12.0. The normalized spacial score (nSPS) is 10.0. The molecule has 18 heavy (non-hydrogen) atoms. The summed E-state index contributed by atoms with van der Waals surface area (Å²) in [6.07, 6.45) is 1.36. The number of phenolic OH excluding ortho intramolecular Hbond substituents is 1. The number of carbonyl (C=O) groups is 1. The van der Waals surface area contributed by atoms with Crippen LogP contribution in [0.2, 0.25) is 0 Å². The van der Waals surface area contributed by atoms with Crippen LogP contribution in [0.4, 0.5) is 5.13 Å². The van der Waals surface area contributed by atoms with Gasteiger partial charge in [-0.2, -0.15) is 0 Å². The lowest BCUT2D eigenvalue weighted by molar-refractivity contribution is -0.481. The molecule has 0 unspecified atom stereocenters. The van der Waals surface area contributed by atoms with Gasteiger partial charge in [0.25, 0.3) is 5.13 Å². The minimum Gasteiger partial charge on any atom is -0.507 e. The Kier molecular flexibility index (Phi) is 3.20. The van der Waals surface area contributed by atoms with E-state index in [0.29, 0.717) is 5.01 Å². The molecule has 0 saturated heterocycles. The molecule has 0 radical (unpaired) electrons. The molecule has 92 valence electrons. The Morgan fingerprint density at radius 2 is 2.17 bits per heavy atom. The zero-order valence-corrected chi connectivity index (χ0v) is 9.70. The highest BCUT2D eigenvalue weighted by Crippen LogP contribution is 2.23. The summed E-state index contributed by atoms with van der Waals surface area (Å²) >= 11 is 0.959. The minimum absolute atomic E-state index is 0.0618. The SMILES string of the molecule is O=C(c1ccccc1O)N(c1nccs1)[N+](=O)[O-]. The third-order valence-electron chi connectivity index (χ3n) is 2.09. The van der Waals surface area contributed by atoms with Gasteiger partial charge in [0.05, 0.1) is 5.56 Å². The topological polar surface area (TPSA) is 96.6 Å². The number of hydrogen-bond acceptors (Lipinski definition) is 6. The quantitative estimate of drug-likeness (QED) is 0.672. The second-order valence-electron chi connectivity index (χ2n) is 3.19. The van der Waals surface area contributed by atoms with Crippen molar-refractivity contribution in [2.75, 3.05) is 5.01 Å². The molecule has 2 rings (SSSR count). The Morgan fingerprint density at radius 1 is 1.44 bits per heavy atom. The number of phenols is 1. The Bertz CT molecular complexity index is 585. The first-order valence-corrected chi connectivity index (χ1v) is 5.65. The zero-order valence-electron chi connectivity index (χ0n) is 8.89. The van der Waals surface area contributed by atoms with Crippen LogP contribution in [0.1, 0.15) is 10.4 Å². The zero-order chi connectivity index (χ0) is 13.1. The molecule has 1 N–H and O–H groups in total. The summed E-state index contributed by atoms with van der Waals surface area (Å²) in [5.74, 6) is -1.25. The van der Waals surface area contributed by atoms with Crippen molar-refractivity contribution in [1.29, 1.82) is 0 Å². The fourth-order valence-electron chi connectivity index (χ4n) is 1.32. The molecule has 8 heteroatoms. The van der Waals surface area contributed by atoms with Crippen LogP contribution in [-0.2, 0) is 0 Å². The lowest BCUT2D eigenvalue weighted by Crippen LogP contribution is -2.36. The van der Waals surface area contributed by atoms with Crippen LogP contribution in [0.3, 0.4) is 0 Å². The molecule has 0 spiro atoms. The molecule has 0 aliphatic carbocycles. The number of hydrogen-bond donors (Lipinski definition) is 1. The third kappa shape index (κ3) is 2.13. The van der Waals surface area contributed by atoms with E-state index < -0.39 is 10.9 Å². The molecular weight excluding hydrogens is 258 g/mol. The van der Waals surface area contributed by atoms with Crippen molar-refractivity contribution >= 4 is 22.4 Å². The number of nitro groups is 1. The number of thiazole rings is 1. The van der Waals surface area contributed by atoms with E-state index in [9.17, 15) is 20.0 Å². The Hall–Kier alpha value is -2.48. The van der Waals surface area contributed by atoms with Gasteiger partial charge in [0, 0.05) is 16.6 Å². The standard InChI is InChI=1S/C10H7N3O4S/c14-8-4-2-1-3-7(8)9(15)12(13(16)17)10-11-5-6-18-10/h1-6,14H. The molecule has 0 aliphatic heterocycles. The average Bonchev–Trinajstić information content (AvgIpc) is 2.82. The number of carbonyl (C=O) groups excluding carboxylic acids is 1. The molecular formula is C10H7N3O4S. The van der Waals surface area contributed by atoms with E-state index in [2.05, 4.69) is 4.98 Å². The summed E-state index contributed by atoms with van der Waals surface area (Å²) in [6.45, 7) is 0. The fourth-order valence-corrected chi connectivity index (χ4v) is 1.93. The van der Waals surface area contributed by atoms with Crippen LogP contribution in [0.15, 0.2) is 35.8 Å². The van der Waals surface area contributed by atoms with E-state index >= 15 is 0 Å². The van der Waals surface area contributed by atoms with Gasteiger partial charge in [-0.3, -0.25) is 4.79 Å². The maximum Gasteiger partial charge on any atom is 0.326 e. The van der Waals surface area contributed by atoms with E-state index in [0.717, 1.165) is 11.3 Å². The van der Waals surface area contributed by atoms with Crippen molar-refractivity contribution in [3.63, 3.8) is 0 Å². The van der Waals surface area contributed by atoms with Gasteiger partial charge in [-0.15, -0.1) is 0 Å². The number of para-hydroxylation sites is 1. The van der Waals surface area contributed by atoms with Gasteiger partial charge in [-0.1, -0.05) is 23.5 Å². The summed E-state index contributed by atoms with van der Waals surface area (Å²) in [5, 5.41) is 21.3. The highest BCUT2D eigenvalue weighted by molar-refractivity contribution is 7.13. The van der Waals surface area contributed by atoms with E-state index in [-0.39, 0.29) is 16.4 Å². The van der Waals surface area contributed by atoms with Gasteiger partial charge in [0.1, 0.15) is 5.75 Å². The fraction of sp³-hybridized carbons (Fsp3) is 0. The summed E-state index contributed by atoms with van der Waals surface area (Å²) in [6, 6.07) is 5.62. The first kappa shape index (κ1) is 12.0. The van der Waals surface area contributed by atoms with Crippen LogP contribution in [-0.4, -0.2) is 21.0 Å². The molecule has 1 aromatic heterocycles. The molecule has 0 bridgehead atoms. The van der Waals surface area contributed by atoms with Crippen molar-refractivity contribution in [2.24, 2.45) is 0 Å². The number of nitrogens with zero attached hydrogens (tertiary/aromatic N) is 3. The van der Waals surface area contributed by atoms with Crippen molar-refractivity contribution in [2.45, 2.75) is 0 Å². The number of aromatic nitrogens is 1. The molecule has 0 fully saturated rings. The van der Waals surface area contributed by atoms with Crippen molar-refractivity contribution in [3.05, 3.63) is 51.5 Å². The van der Waals surface area contributed by atoms with Crippen LogP contribution >= 0.6 is 11.3 Å². The number of anilines is 1. The smallest absolute Gasteiger partial charge is 0.326 e. The molecule has 0 atom stereocenters. The molecule has 2 aromatic rings. The van der Waals surface area contributed by atoms with Gasteiger partial charge < -0.3 is 5.11 Å². The summed E-state index contributed by atoms with van der Waals surface area (Å²) < 4.78 is 0. The predicted octanol–water partition coefficient (Wildman–Crippen LogP) is 1.69. The number of hydrazine groups is 1. The first-order chi connectivity index (χ1) is 8.61. The van der Waals surface area contributed by atoms with Gasteiger partial charge in [0.15, 0.2) is 5.03 Å². The van der Waals surface area contributed by atoms with Crippen molar-refractivity contribution < 1.29 is 14.9 Å². The van der Waals surface area contributed by atoms with Crippen LogP contribution in [0, 0.1) is 10.1 Å². The van der Waals surface area contributed by atoms with Gasteiger partial charge in [-0.05, 0) is 12.1 Å². The highest BCUT2D eigenvalue weighted by atomic mass is 32.1. The summed E-state index contributed by atoms with van der Waals surface area (Å²) in [7, 11) is 0. The number of rotatable bonds is 3. The number of benzene rings is 1. The molecule has 0 saturated carbocycles. The molecule has 1 aromatic carbocycles. The monoisotopic (exact) mass is 265 g/mol. The Labute approximate surface area is 105 Å². The van der Waals surface area contributed by atoms with E-state index in [1.807, 2.05) is 0 Å². The Morgan fingerprint density at radius 3 is 2.72 bits per heavy atom. The highest BCUT2D eigenvalue weighted by Gasteiger charge is 2.31. The molecule has 1 amide bonds. The summed E-state index contributed by atoms with van der Waals surface area (Å²) in [5.41, 5.74) is -0.149. The van der Waals surface area contributed by atoms with Crippen LogP contribution in [0.5, 0.6) is 5.75 Å². The van der Waals surface area contributed by atoms with E-state index in [1.165, 1.54) is 35.8 Å². The molecule has 0 aliphatic rings. The van der Waals surface area contributed by atoms with Gasteiger partial charge in [0.2, 0.25) is 0 Å².